The van der Waals surface area contributed by atoms with Crippen molar-refractivity contribution in [3.8, 4) is 0 Å². The number of benzene rings is 2. The summed E-state index contributed by atoms with van der Waals surface area (Å²) >= 11 is 2.01. The molecule has 0 fully saturated rings. The van der Waals surface area contributed by atoms with E-state index in [0.29, 0.717) is 6.71 Å². The van der Waals surface area contributed by atoms with E-state index in [1.54, 1.807) is 11.1 Å². The highest BCUT2D eigenvalue weighted by Gasteiger charge is 2.40. The van der Waals surface area contributed by atoms with Gasteiger partial charge in [0.1, 0.15) is 0 Å². The summed E-state index contributed by atoms with van der Waals surface area (Å²) in [4.78, 5) is 4.88. The van der Waals surface area contributed by atoms with Crippen LogP contribution >= 0.6 is 11.3 Å². The lowest BCUT2D eigenvalue weighted by Crippen LogP contribution is -2.46. The number of hydrogen-bond acceptors (Lipinski definition) is 3. The molecular formula is C34H39BN2S. The second kappa shape index (κ2) is 9.05. The predicted octanol–water partition coefficient (Wildman–Crippen LogP) is 8.42. The Bertz CT molecular complexity index is 1530. The van der Waals surface area contributed by atoms with E-state index in [9.17, 15) is 0 Å². The summed E-state index contributed by atoms with van der Waals surface area (Å²) in [5, 5.41) is 1.43. The van der Waals surface area contributed by atoms with Gasteiger partial charge in [0.2, 0.25) is 0 Å². The van der Waals surface area contributed by atoms with Crippen molar-refractivity contribution < 1.29 is 0 Å². The van der Waals surface area contributed by atoms with E-state index in [1.807, 2.05) is 17.4 Å². The Morgan fingerprint density at radius 1 is 1.05 bits per heavy atom. The molecule has 0 bridgehead atoms. The van der Waals surface area contributed by atoms with E-state index in [-0.39, 0.29) is 10.8 Å². The van der Waals surface area contributed by atoms with E-state index in [1.165, 1.54) is 55.8 Å². The molecule has 2 nitrogen and oxygen atoms in total. The van der Waals surface area contributed by atoms with E-state index >= 15 is 0 Å². The van der Waals surface area contributed by atoms with Crippen LogP contribution in [0, 0.1) is 0 Å². The zero-order valence-electron chi connectivity index (χ0n) is 23.8. The normalized spacial score (nSPS) is 19.7. The summed E-state index contributed by atoms with van der Waals surface area (Å²) in [5.74, 6) is 2.50. The molecule has 0 unspecified atom stereocenters. The van der Waals surface area contributed by atoms with E-state index in [4.69, 9.17) is 0 Å². The van der Waals surface area contributed by atoms with Crippen LogP contribution in [0.3, 0.4) is 0 Å². The van der Waals surface area contributed by atoms with Gasteiger partial charge in [-0.25, -0.2) is 0 Å². The molecule has 1 aromatic heterocycles. The molecule has 0 radical (unpaired) electrons. The van der Waals surface area contributed by atoms with Crippen molar-refractivity contribution in [2.24, 2.45) is 0 Å². The highest BCUT2D eigenvalue weighted by atomic mass is 32.1. The summed E-state index contributed by atoms with van der Waals surface area (Å²) < 4.78 is 2.91. The standard InChI is InChI=1S/C34H39BN2S/c1-8-12-24-13-10-11-14-29(24)37-22-25-21-36(17-9-2)31-26-18-27-28(34(6,7)16-15-33(27,4)5)19-30(26)38-32(31)35(25)20-23(37)3/h8-11,13-14,17-20,22H,1,12,15-16,21H2,2-7H3/b17-9+. The molecule has 3 heterocycles. The fraction of sp³-hybridized carbons (Fsp3) is 0.353. The van der Waals surface area contributed by atoms with Crippen LogP contribution in [0.5, 0.6) is 0 Å². The Balaban J connectivity index is 1.52. The van der Waals surface area contributed by atoms with Crippen molar-refractivity contribution in [2.75, 3.05) is 16.3 Å². The predicted molar refractivity (Wildman–Crippen MR) is 169 cm³/mol. The van der Waals surface area contributed by atoms with Crippen LogP contribution in [0.1, 0.15) is 71.1 Å². The number of fused-ring (bicyclic) bond motifs is 6. The molecule has 6 rings (SSSR count). The Labute approximate surface area is 233 Å². The number of hydrogen-bond donors (Lipinski definition) is 0. The fourth-order valence-corrected chi connectivity index (χ4v) is 8.10. The molecule has 194 valence electrons. The monoisotopic (exact) mass is 518 g/mol. The number of anilines is 2. The van der Waals surface area contributed by atoms with Gasteiger partial charge in [0.05, 0.1) is 5.69 Å². The number of para-hydroxylation sites is 1. The quantitative estimate of drug-likeness (QED) is 0.253. The van der Waals surface area contributed by atoms with Gasteiger partial charge in [-0.05, 0) is 78.8 Å². The van der Waals surface area contributed by atoms with Crippen LogP contribution < -0.4 is 14.6 Å². The van der Waals surface area contributed by atoms with Gasteiger partial charge >= 0.3 is 0 Å². The van der Waals surface area contributed by atoms with Crippen LogP contribution in [0.25, 0.3) is 10.1 Å². The van der Waals surface area contributed by atoms with E-state index < -0.39 is 0 Å². The molecule has 0 saturated heterocycles. The summed E-state index contributed by atoms with van der Waals surface area (Å²) in [6.07, 6.45) is 12.2. The first-order chi connectivity index (χ1) is 18.1. The highest BCUT2D eigenvalue weighted by Crippen LogP contribution is 2.49. The van der Waals surface area contributed by atoms with Gasteiger partial charge in [-0.3, -0.25) is 0 Å². The minimum Gasteiger partial charge on any atom is -0.344 e. The lowest BCUT2D eigenvalue weighted by Gasteiger charge is -2.42. The molecule has 0 amide bonds. The third-order valence-corrected chi connectivity index (χ3v) is 10.2. The largest absolute Gasteiger partial charge is 0.344 e. The number of rotatable bonds is 4. The first-order valence-corrected chi connectivity index (χ1v) is 14.8. The Kier molecular flexibility index (Phi) is 6.03. The Hall–Kier alpha value is -2.98. The van der Waals surface area contributed by atoms with Crippen LogP contribution in [0.15, 0.2) is 84.7 Å². The molecule has 3 aliphatic rings. The van der Waals surface area contributed by atoms with Gasteiger partial charge in [0.15, 0.2) is 0 Å². The van der Waals surface area contributed by atoms with Crippen LogP contribution in [0.2, 0.25) is 0 Å². The van der Waals surface area contributed by atoms with Crippen molar-refractivity contribution in [1.29, 1.82) is 0 Å². The SMILES string of the molecule is C=CCc1ccccc1N1C=C2CN(/C=C/C)c3c(sc4cc5c(cc34)C(C)(C)CCC5(C)C)B2C=C1C. The maximum atomic E-state index is 3.99. The molecule has 1 aliphatic carbocycles. The Morgan fingerprint density at radius 2 is 1.76 bits per heavy atom. The van der Waals surface area contributed by atoms with Gasteiger partial charge in [0, 0.05) is 45.2 Å². The maximum absolute atomic E-state index is 3.99. The van der Waals surface area contributed by atoms with Crippen molar-refractivity contribution in [3.63, 3.8) is 0 Å². The van der Waals surface area contributed by atoms with Gasteiger partial charge < -0.3 is 9.80 Å². The molecule has 2 aromatic carbocycles. The average molecular weight is 519 g/mol. The fourth-order valence-electron chi connectivity index (χ4n) is 6.75. The number of nitrogens with zero attached hydrogens (tertiary/aromatic N) is 2. The minimum atomic E-state index is 0.208. The minimum absolute atomic E-state index is 0.208. The molecule has 0 N–H and O–H groups in total. The maximum Gasteiger partial charge on any atom is 0.250 e. The van der Waals surface area contributed by atoms with Crippen molar-refractivity contribution in [1.82, 2.24) is 0 Å². The zero-order chi connectivity index (χ0) is 26.8. The molecular weight excluding hydrogens is 479 g/mol. The van der Waals surface area contributed by atoms with E-state index in [2.05, 4.69) is 119 Å². The molecule has 38 heavy (non-hydrogen) atoms. The zero-order valence-corrected chi connectivity index (χ0v) is 24.6. The molecule has 0 spiro atoms. The smallest absolute Gasteiger partial charge is 0.250 e. The first-order valence-electron chi connectivity index (χ1n) is 14.0. The van der Waals surface area contributed by atoms with Crippen molar-refractivity contribution >= 4 is 44.3 Å². The first kappa shape index (κ1) is 25.3. The van der Waals surface area contributed by atoms with Gasteiger partial charge in [-0.15, -0.1) is 17.9 Å². The summed E-state index contributed by atoms with van der Waals surface area (Å²) in [6, 6.07) is 13.8. The lowest BCUT2D eigenvalue weighted by atomic mass is 9.40. The Morgan fingerprint density at radius 3 is 2.47 bits per heavy atom. The average Bonchev–Trinajstić information content (AvgIpc) is 3.26. The molecule has 4 heteroatoms. The summed E-state index contributed by atoms with van der Waals surface area (Å²) in [6.45, 7) is 19.3. The van der Waals surface area contributed by atoms with Crippen LogP contribution in [-0.4, -0.2) is 13.3 Å². The lowest BCUT2D eigenvalue weighted by molar-refractivity contribution is 0.332. The van der Waals surface area contributed by atoms with Crippen LogP contribution in [-0.2, 0) is 17.3 Å². The highest BCUT2D eigenvalue weighted by molar-refractivity contribution is 7.31. The third-order valence-electron chi connectivity index (χ3n) is 9.01. The second-order valence-corrected chi connectivity index (χ2v) is 13.7. The van der Waals surface area contributed by atoms with Crippen molar-refractivity contribution in [3.05, 3.63) is 101 Å². The number of thiophene rings is 1. The van der Waals surface area contributed by atoms with Crippen LogP contribution in [0.4, 0.5) is 11.4 Å². The second-order valence-electron chi connectivity index (χ2n) is 12.6. The van der Waals surface area contributed by atoms with Gasteiger partial charge in [0.25, 0.3) is 6.71 Å². The van der Waals surface area contributed by atoms with Gasteiger partial charge in [-0.2, -0.15) is 0 Å². The molecule has 0 saturated carbocycles. The van der Waals surface area contributed by atoms with Crippen molar-refractivity contribution in [2.45, 2.75) is 71.6 Å². The van der Waals surface area contributed by atoms with E-state index in [0.717, 1.165) is 13.0 Å². The number of allylic oxidation sites excluding steroid dienone is 3. The molecule has 2 aliphatic heterocycles. The summed E-state index contributed by atoms with van der Waals surface area (Å²) in [5.41, 5.74) is 10.2. The third kappa shape index (κ3) is 3.91. The summed E-state index contributed by atoms with van der Waals surface area (Å²) in [7, 11) is 0. The van der Waals surface area contributed by atoms with Gasteiger partial charge in [-0.1, -0.05) is 69.5 Å². The molecule has 0 atom stereocenters. The topological polar surface area (TPSA) is 6.48 Å². The molecule has 3 aromatic rings.